The molecule has 2 N–H and O–H groups in total. The fourth-order valence-corrected chi connectivity index (χ4v) is 2.46. The van der Waals surface area contributed by atoms with E-state index in [9.17, 15) is 0 Å². The van der Waals surface area contributed by atoms with Crippen molar-refractivity contribution in [3.05, 3.63) is 11.6 Å². The van der Waals surface area contributed by atoms with Gasteiger partial charge in [0.15, 0.2) is 5.82 Å². The molecule has 5 nitrogen and oxygen atoms in total. The van der Waals surface area contributed by atoms with Gasteiger partial charge in [-0.2, -0.15) is 5.10 Å². The van der Waals surface area contributed by atoms with Crippen LogP contribution in [0.25, 0.3) is 0 Å². The van der Waals surface area contributed by atoms with Gasteiger partial charge in [0.2, 0.25) is 0 Å². The van der Waals surface area contributed by atoms with E-state index in [-0.39, 0.29) is 5.41 Å². The van der Waals surface area contributed by atoms with E-state index in [0.717, 1.165) is 50.8 Å². The minimum Gasteiger partial charge on any atom is -0.380 e. The molecule has 2 atom stereocenters. The normalized spacial score (nSPS) is 34.7. The molecule has 5 heteroatoms. The number of nitrogens with zero attached hydrogens (tertiary/aromatic N) is 2. The molecule has 0 amide bonds. The van der Waals surface area contributed by atoms with Crippen molar-refractivity contribution in [2.24, 2.45) is 0 Å². The van der Waals surface area contributed by atoms with Crippen LogP contribution in [0.2, 0.25) is 0 Å². The summed E-state index contributed by atoms with van der Waals surface area (Å²) in [5.74, 6) is 2.46. The van der Waals surface area contributed by atoms with E-state index >= 15 is 0 Å². The molecule has 2 unspecified atom stereocenters. The van der Waals surface area contributed by atoms with E-state index in [1.807, 2.05) is 0 Å². The standard InChI is InChI=1S/C11H18N4O/c1-11(3-5-16-7-11)10-13-9(14-15-10)8-2-4-12-6-8/h8,12H,2-7H2,1H3,(H,13,14,15). The van der Waals surface area contributed by atoms with Crippen LogP contribution in [0.5, 0.6) is 0 Å². The second kappa shape index (κ2) is 3.82. The van der Waals surface area contributed by atoms with Gasteiger partial charge in [0.25, 0.3) is 0 Å². The zero-order chi connectivity index (χ0) is 11.0. The molecule has 88 valence electrons. The van der Waals surface area contributed by atoms with E-state index in [0.29, 0.717) is 5.92 Å². The number of hydrogen-bond acceptors (Lipinski definition) is 4. The Morgan fingerprint density at radius 3 is 3.12 bits per heavy atom. The molecule has 1 aromatic heterocycles. The molecule has 0 radical (unpaired) electrons. The minimum atomic E-state index is 0.0147. The van der Waals surface area contributed by atoms with Crippen LogP contribution in [0.1, 0.15) is 37.3 Å². The van der Waals surface area contributed by atoms with Crippen molar-refractivity contribution < 1.29 is 4.74 Å². The highest BCUT2D eigenvalue weighted by molar-refractivity contribution is 5.11. The molecular weight excluding hydrogens is 204 g/mol. The molecule has 0 bridgehead atoms. The summed E-state index contributed by atoms with van der Waals surface area (Å²) in [5.41, 5.74) is 0.0147. The molecule has 2 aliphatic rings. The molecule has 16 heavy (non-hydrogen) atoms. The number of aromatic amines is 1. The van der Waals surface area contributed by atoms with Gasteiger partial charge in [-0.15, -0.1) is 0 Å². The van der Waals surface area contributed by atoms with Gasteiger partial charge in [-0.25, -0.2) is 4.98 Å². The zero-order valence-electron chi connectivity index (χ0n) is 9.62. The maximum Gasteiger partial charge on any atom is 0.158 e. The average molecular weight is 222 g/mol. The highest BCUT2D eigenvalue weighted by atomic mass is 16.5. The summed E-state index contributed by atoms with van der Waals surface area (Å²) in [6, 6.07) is 0. The molecular formula is C11H18N4O. The van der Waals surface area contributed by atoms with Crippen molar-refractivity contribution in [1.82, 2.24) is 20.5 Å². The summed E-state index contributed by atoms with van der Waals surface area (Å²) in [6.45, 7) is 5.85. The average Bonchev–Trinajstić information content (AvgIpc) is 2.98. The lowest BCUT2D eigenvalue weighted by Crippen LogP contribution is -2.23. The first kappa shape index (κ1) is 10.2. The van der Waals surface area contributed by atoms with Crippen LogP contribution in [0.3, 0.4) is 0 Å². The largest absolute Gasteiger partial charge is 0.380 e. The van der Waals surface area contributed by atoms with Crippen LogP contribution in [0.15, 0.2) is 0 Å². The van der Waals surface area contributed by atoms with Crippen molar-refractivity contribution in [3.8, 4) is 0 Å². The number of hydrogen-bond donors (Lipinski definition) is 2. The molecule has 3 rings (SSSR count). The van der Waals surface area contributed by atoms with E-state index in [4.69, 9.17) is 4.74 Å². The number of H-pyrrole nitrogens is 1. The fraction of sp³-hybridized carbons (Fsp3) is 0.818. The van der Waals surface area contributed by atoms with Gasteiger partial charge in [0, 0.05) is 19.1 Å². The number of nitrogens with one attached hydrogen (secondary N) is 2. The van der Waals surface area contributed by atoms with Crippen LogP contribution in [0, 0.1) is 0 Å². The Morgan fingerprint density at radius 1 is 1.50 bits per heavy atom. The van der Waals surface area contributed by atoms with Crippen LogP contribution in [-0.4, -0.2) is 41.5 Å². The van der Waals surface area contributed by atoms with Gasteiger partial charge in [0.1, 0.15) is 5.82 Å². The highest BCUT2D eigenvalue weighted by Crippen LogP contribution is 2.31. The second-order valence-corrected chi connectivity index (χ2v) is 5.10. The van der Waals surface area contributed by atoms with Gasteiger partial charge in [0.05, 0.1) is 12.0 Å². The van der Waals surface area contributed by atoms with Crippen molar-refractivity contribution >= 4 is 0 Å². The van der Waals surface area contributed by atoms with Crippen LogP contribution < -0.4 is 5.32 Å². The zero-order valence-corrected chi connectivity index (χ0v) is 9.62. The van der Waals surface area contributed by atoms with Gasteiger partial charge in [-0.05, 0) is 19.4 Å². The first-order valence-corrected chi connectivity index (χ1v) is 5.99. The molecule has 2 aliphatic heterocycles. The van der Waals surface area contributed by atoms with E-state index in [1.165, 1.54) is 0 Å². The quantitative estimate of drug-likeness (QED) is 0.767. The van der Waals surface area contributed by atoms with E-state index < -0.39 is 0 Å². The lowest BCUT2D eigenvalue weighted by Gasteiger charge is -2.16. The van der Waals surface area contributed by atoms with E-state index in [1.54, 1.807) is 0 Å². The molecule has 0 spiro atoms. The smallest absolute Gasteiger partial charge is 0.158 e. The summed E-state index contributed by atoms with van der Waals surface area (Å²) in [7, 11) is 0. The summed E-state index contributed by atoms with van der Waals surface area (Å²) >= 11 is 0. The van der Waals surface area contributed by atoms with E-state index in [2.05, 4.69) is 27.4 Å². The fourth-order valence-electron chi connectivity index (χ4n) is 2.46. The molecule has 3 heterocycles. The Labute approximate surface area is 95.0 Å². The lowest BCUT2D eigenvalue weighted by atomic mass is 9.89. The SMILES string of the molecule is CC1(c2n[nH]c(C3CCNC3)n2)CCOC1. The Balaban J connectivity index is 1.81. The summed E-state index contributed by atoms with van der Waals surface area (Å²) in [5, 5.41) is 10.8. The van der Waals surface area contributed by atoms with Crippen molar-refractivity contribution in [3.63, 3.8) is 0 Å². The topological polar surface area (TPSA) is 62.8 Å². The molecule has 0 saturated carbocycles. The first-order valence-electron chi connectivity index (χ1n) is 5.99. The summed E-state index contributed by atoms with van der Waals surface area (Å²) < 4.78 is 5.44. The van der Waals surface area contributed by atoms with Crippen LogP contribution >= 0.6 is 0 Å². The number of ether oxygens (including phenoxy) is 1. The third kappa shape index (κ3) is 1.64. The molecule has 2 fully saturated rings. The lowest BCUT2D eigenvalue weighted by molar-refractivity contribution is 0.179. The third-order valence-electron chi connectivity index (χ3n) is 3.71. The summed E-state index contributed by atoms with van der Waals surface area (Å²) in [4.78, 5) is 4.66. The second-order valence-electron chi connectivity index (χ2n) is 5.10. The molecule has 1 aromatic rings. The third-order valence-corrected chi connectivity index (χ3v) is 3.71. The predicted molar refractivity (Wildman–Crippen MR) is 59.4 cm³/mol. The maximum absolute atomic E-state index is 5.44. The van der Waals surface area contributed by atoms with Crippen molar-refractivity contribution in [2.75, 3.05) is 26.3 Å². The Hall–Kier alpha value is -0.940. The minimum absolute atomic E-state index is 0.0147. The van der Waals surface area contributed by atoms with Crippen molar-refractivity contribution in [2.45, 2.75) is 31.1 Å². The Kier molecular flexibility index (Phi) is 2.44. The highest BCUT2D eigenvalue weighted by Gasteiger charge is 2.36. The molecule has 0 aliphatic carbocycles. The maximum atomic E-state index is 5.44. The Bertz CT molecular complexity index is 364. The number of aromatic nitrogens is 3. The first-order chi connectivity index (χ1) is 7.78. The monoisotopic (exact) mass is 222 g/mol. The molecule has 0 aromatic carbocycles. The number of rotatable bonds is 2. The van der Waals surface area contributed by atoms with Gasteiger partial charge in [-0.3, -0.25) is 5.10 Å². The van der Waals surface area contributed by atoms with Crippen molar-refractivity contribution in [1.29, 1.82) is 0 Å². The van der Waals surface area contributed by atoms with Crippen LogP contribution in [-0.2, 0) is 10.2 Å². The Morgan fingerprint density at radius 2 is 2.44 bits per heavy atom. The van der Waals surface area contributed by atoms with Crippen LogP contribution in [0.4, 0.5) is 0 Å². The molecule has 2 saturated heterocycles. The van der Waals surface area contributed by atoms with Gasteiger partial charge >= 0.3 is 0 Å². The van der Waals surface area contributed by atoms with Gasteiger partial charge in [-0.1, -0.05) is 6.92 Å². The summed E-state index contributed by atoms with van der Waals surface area (Å²) in [6.07, 6.45) is 2.18. The predicted octanol–water partition coefficient (Wildman–Crippen LogP) is 0.560. The van der Waals surface area contributed by atoms with Gasteiger partial charge < -0.3 is 10.1 Å².